The zero-order valence-corrected chi connectivity index (χ0v) is 12.6. The Morgan fingerprint density at radius 1 is 1.25 bits per heavy atom. The minimum atomic E-state index is -0.408. The number of hydrogen-bond donors (Lipinski definition) is 1. The van der Waals surface area contributed by atoms with Gasteiger partial charge in [0, 0.05) is 11.9 Å². The van der Waals surface area contributed by atoms with Crippen molar-refractivity contribution in [3.05, 3.63) is 47.8 Å². The Kier molecular flexibility index (Phi) is 4.45. The third kappa shape index (κ3) is 3.20. The van der Waals surface area contributed by atoms with E-state index in [1.807, 2.05) is 44.2 Å². The summed E-state index contributed by atoms with van der Waals surface area (Å²) in [5.74, 6) is 2.30. The van der Waals surface area contributed by atoms with Gasteiger partial charge >= 0.3 is 0 Å². The summed E-state index contributed by atoms with van der Waals surface area (Å²) in [6.45, 7) is 3.87. The number of nitrogens with zero attached hydrogens (tertiary/aromatic N) is 2. The van der Waals surface area contributed by atoms with Crippen molar-refractivity contribution in [2.24, 2.45) is 0 Å². The van der Waals surface area contributed by atoms with Crippen LogP contribution >= 0.6 is 11.6 Å². The molecule has 0 fully saturated rings. The summed E-state index contributed by atoms with van der Waals surface area (Å²) in [7, 11) is 1.59. The predicted molar refractivity (Wildman–Crippen MR) is 81.5 cm³/mol. The van der Waals surface area contributed by atoms with E-state index in [-0.39, 0.29) is 0 Å². The van der Waals surface area contributed by atoms with E-state index in [2.05, 4.69) is 15.3 Å². The highest BCUT2D eigenvalue weighted by atomic mass is 35.5. The Morgan fingerprint density at radius 2 is 1.95 bits per heavy atom. The zero-order chi connectivity index (χ0) is 14.6. The standard InChI is InChI=1S/C15H18ClN3O/c1-11-17-13(9-14(18-11)20-3)19-15(2,10-16)12-7-5-4-6-8-12/h4-9H,10H2,1-3H3,(H,17,18,19). The molecule has 1 aromatic carbocycles. The average molecular weight is 292 g/mol. The molecule has 5 heteroatoms. The van der Waals surface area contributed by atoms with Crippen LogP contribution in [0, 0.1) is 6.92 Å². The maximum absolute atomic E-state index is 6.17. The molecule has 0 bridgehead atoms. The summed E-state index contributed by atoms with van der Waals surface area (Å²) >= 11 is 6.17. The van der Waals surface area contributed by atoms with Crippen molar-refractivity contribution in [1.82, 2.24) is 9.97 Å². The van der Waals surface area contributed by atoms with E-state index >= 15 is 0 Å². The number of methoxy groups -OCH3 is 1. The zero-order valence-electron chi connectivity index (χ0n) is 11.9. The van der Waals surface area contributed by atoms with Gasteiger partial charge in [-0.2, -0.15) is 4.98 Å². The van der Waals surface area contributed by atoms with Crippen LogP contribution in [0.15, 0.2) is 36.4 Å². The van der Waals surface area contributed by atoms with E-state index in [1.54, 1.807) is 13.2 Å². The van der Waals surface area contributed by atoms with Gasteiger partial charge in [-0.25, -0.2) is 4.98 Å². The van der Waals surface area contributed by atoms with Crippen LogP contribution in [0.3, 0.4) is 0 Å². The minimum absolute atomic E-state index is 0.408. The van der Waals surface area contributed by atoms with E-state index in [0.29, 0.717) is 23.4 Å². The first-order valence-corrected chi connectivity index (χ1v) is 6.90. The molecule has 0 aliphatic heterocycles. The molecule has 1 atom stereocenters. The number of rotatable bonds is 5. The summed E-state index contributed by atoms with van der Waals surface area (Å²) in [6, 6.07) is 11.8. The number of hydrogen-bond acceptors (Lipinski definition) is 4. The largest absolute Gasteiger partial charge is 0.481 e. The number of aromatic nitrogens is 2. The van der Waals surface area contributed by atoms with E-state index in [4.69, 9.17) is 16.3 Å². The second-order valence-corrected chi connectivity index (χ2v) is 5.07. The van der Waals surface area contributed by atoms with Crippen molar-refractivity contribution in [1.29, 1.82) is 0 Å². The lowest BCUT2D eigenvalue weighted by Gasteiger charge is -2.30. The highest BCUT2D eigenvalue weighted by Crippen LogP contribution is 2.27. The van der Waals surface area contributed by atoms with Gasteiger partial charge in [-0.15, -0.1) is 11.6 Å². The molecule has 0 saturated heterocycles. The Labute approximate surface area is 124 Å². The van der Waals surface area contributed by atoms with Gasteiger partial charge in [0.25, 0.3) is 0 Å². The molecule has 1 heterocycles. The maximum Gasteiger partial charge on any atom is 0.218 e. The highest BCUT2D eigenvalue weighted by molar-refractivity contribution is 6.18. The molecule has 0 saturated carbocycles. The summed E-state index contributed by atoms with van der Waals surface area (Å²) < 4.78 is 5.17. The van der Waals surface area contributed by atoms with Crippen molar-refractivity contribution in [2.45, 2.75) is 19.4 Å². The van der Waals surface area contributed by atoms with Crippen molar-refractivity contribution in [3.63, 3.8) is 0 Å². The summed E-state index contributed by atoms with van der Waals surface area (Å²) in [5, 5.41) is 3.37. The molecular weight excluding hydrogens is 274 g/mol. The van der Waals surface area contributed by atoms with Crippen LogP contribution < -0.4 is 10.1 Å². The number of anilines is 1. The van der Waals surface area contributed by atoms with Crippen LogP contribution in [-0.2, 0) is 5.54 Å². The van der Waals surface area contributed by atoms with Crippen molar-refractivity contribution >= 4 is 17.4 Å². The minimum Gasteiger partial charge on any atom is -0.481 e. The monoisotopic (exact) mass is 291 g/mol. The molecule has 0 aliphatic carbocycles. The third-order valence-electron chi connectivity index (χ3n) is 3.11. The first kappa shape index (κ1) is 14.6. The van der Waals surface area contributed by atoms with Crippen LogP contribution in [-0.4, -0.2) is 23.0 Å². The molecule has 0 spiro atoms. The molecule has 106 valence electrons. The Morgan fingerprint density at radius 3 is 2.55 bits per heavy atom. The van der Waals surface area contributed by atoms with Gasteiger partial charge in [0.2, 0.25) is 5.88 Å². The molecule has 1 aromatic heterocycles. The lowest BCUT2D eigenvalue weighted by Crippen LogP contribution is -2.34. The maximum atomic E-state index is 6.17. The fraction of sp³-hybridized carbons (Fsp3) is 0.333. The van der Waals surface area contributed by atoms with Gasteiger partial charge in [-0.1, -0.05) is 30.3 Å². The average Bonchev–Trinajstić information content (AvgIpc) is 2.47. The SMILES string of the molecule is COc1cc(NC(C)(CCl)c2ccccc2)nc(C)n1. The number of halogens is 1. The van der Waals surface area contributed by atoms with E-state index < -0.39 is 5.54 Å². The van der Waals surface area contributed by atoms with Gasteiger partial charge in [0.1, 0.15) is 11.6 Å². The first-order valence-electron chi connectivity index (χ1n) is 6.37. The number of nitrogens with one attached hydrogen (secondary N) is 1. The van der Waals surface area contributed by atoms with Gasteiger partial charge in [-0.05, 0) is 19.4 Å². The molecule has 4 nitrogen and oxygen atoms in total. The topological polar surface area (TPSA) is 47.0 Å². The van der Waals surface area contributed by atoms with Crippen molar-refractivity contribution < 1.29 is 4.74 Å². The van der Waals surface area contributed by atoms with E-state index in [9.17, 15) is 0 Å². The first-order chi connectivity index (χ1) is 9.57. The number of alkyl halides is 1. The van der Waals surface area contributed by atoms with Gasteiger partial charge in [-0.3, -0.25) is 0 Å². The Balaban J connectivity index is 2.33. The van der Waals surface area contributed by atoms with E-state index in [1.165, 1.54) is 0 Å². The number of benzene rings is 1. The van der Waals surface area contributed by atoms with Crippen LogP contribution in [0.25, 0.3) is 0 Å². The predicted octanol–water partition coefficient (Wildman–Crippen LogP) is 3.36. The fourth-order valence-corrected chi connectivity index (χ4v) is 2.20. The normalized spacial score (nSPS) is 13.6. The fourth-order valence-electron chi connectivity index (χ4n) is 1.98. The van der Waals surface area contributed by atoms with Crippen LogP contribution in [0.2, 0.25) is 0 Å². The molecule has 1 N–H and O–H groups in total. The number of ether oxygens (including phenoxy) is 1. The summed E-state index contributed by atoms with van der Waals surface area (Å²) in [4.78, 5) is 8.55. The molecular formula is C15H18ClN3O. The molecule has 0 aliphatic rings. The number of aryl methyl sites for hydroxylation is 1. The second-order valence-electron chi connectivity index (χ2n) is 4.80. The lowest BCUT2D eigenvalue weighted by molar-refractivity contribution is 0.395. The lowest BCUT2D eigenvalue weighted by atomic mass is 9.94. The molecule has 1 unspecified atom stereocenters. The second kappa shape index (κ2) is 6.09. The van der Waals surface area contributed by atoms with Crippen molar-refractivity contribution in [3.8, 4) is 5.88 Å². The molecule has 20 heavy (non-hydrogen) atoms. The Bertz CT molecular complexity index is 577. The van der Waals surface area contributed by atoms with Crippen LogP contribution in [0.4, 0.5) is 5.82 Å². The highest BCUT2D eigenvalue weighted by Gasteiger charge is 2.26. The summed E-state index contributed by atoms with van der Waals surface area (Å²) in [5.41, 5.74) is 0.694. The third-order valence-corrected chi connectivity index (χ3v) is 3.64. The quantitative estimate of drug-likeness (QED) is 0.858. The van der Waals surface area contributed by atoms with Gasteiger partial charge in [0.15, 0.2) is 0 Å². The molecule has 2 rings (SSSR count). The van der Waals surface area contributed by atoms with Gasteiger partial charge in [0.05, 0.1) is 12.6 Å². The van der Waals surface area contributed by atoms with E-state index in [0.717, 1.165) is 5.56 Å². The molecule has 0 amide bonds. The molecule has 2 aromatic rings. The van der Waals surface area contributed by atoms with Gasteiger partial charge < -0.3 is 10.1 Å². The van der Waals surface area contributed by atoms with Crippen molar-refractivity contribution in [2.75, 3.05) is 18.3 Å². The van der Waals surface area contributed by atoms with Crippen LogP contribution in [0.1, 0.15) is 18.3 Å². The van der Waals surface area contributed by atoms with Crippen LogP contribution in [0.5, 0.6) is 5.88 Å². The molecule has 0 radical (unpaired) electrons. The smallest absolute Gasteiger partial charge is 0.218 e. The Hall–Kier alpha value is -1.81. The summed E-state index contributed by atoms with van der Waals surface area (Å²) in [6.07, 6.45) is 0.